The molecule has 0 saturated heterocycles. The standard InChI is InChI=1S/C37H43NO6S/c1-38(2)32-15-13-27(14-16-32)30-23-31(29-19-22-45-26-29)25-33(24-30)43-20-6-4-3-5-9-28-10-7-11-35(34(28)17-18-37(41)42)44-21-8-12-36(39)40/h7,10-11,13-16,19,22-26H,3-6,8-9,12,17-18,20-21H2,1-2H3,(H,39,40)(H,41,42). The average Bonchev–Trinajstić information content (AvgIpc) is 3.57. The maximum absolute atomic E-state index is 11.3. The Morgan fingerprint density at radius 2 is 1.42 bits per heavy atom. The van der Waals surface area contributed by atoms with Gasteiger partial charge in [-0.05, 0) is 119 Å². The Balaban J connectivity index is 1.30. The largest absolute Gasteiger partial charge is 0.494 e. The van der Waals surface area contributed by atoms with Crippen molar-refractivity contribution < 1.29 is 29.3 Å². The molecule has 0 unspecified atom stereocenters. The number of hydrogen-bond donors (Lipinski definition) is 2. The van der Waals surface area contributed by atoms with Crippen LogP contribution in [0.2, 0.25) is 0 Å². The van der Waals surface area contributed by atoms with Gasteiger partial charge in [-0.15, -0.1) is 0 Å². The lowest BCUT2D eigenvalue weighted by molar-refractivity contribution is -0.138. The van der Waals surface area contributed by atoms with Gasteiger partial charge < -0.3 is 24.6 Å². The number of rotatable bonds is 19. The highest BCUT2D eigenvalue weighted by Gasteiger charge is 2.13. The van der Waals surface area contributed by atoms with E-state index in [0.717, 1.165) is 71.4 Å². The predicted molar refractivity (Wildman–Crippen MR) is 182 cm³/mol. The molecule has 0 aliphatic carbocycles. The van der Waals surface area contributed by atoms with Gasteiger partial charge in [0.05, 0.1) is 13.2 Å². The number of carbonyl (C=O) groups is 2. The highest BCUT2D eigenvalue weighted by atomic mass is 32.1. The van der Waals surface area contributed by atoms with Crippen LogP contribution in [-0.4, -0.2) is 49.5 Å². The molecule has 7 nitrogen and oxygen atoms in total. The van der Waals surface area contributed by atoms with Crippen LogP contribution in [-0.2, 0) is 22.4 Å². The molecule has 0 aliphatic heterocycles. The highest BCUT2D eigenvalue weighted by molar-refractivity contribution is 7.08. The first kappa shape index (κ1) is 33.6. The van der Waals surface area contributed by atoms with Crippen LogP contribution in [0.4, 0.5) is 5.69 Å². The fraction of sp³-hybridized carbons (Fsp3) is 0.351. The monoisotopic (exact) mass is 629 g/mol. The smallest absolute Gasteiger partial charge is 0.303 e. The number of carboxylic acid groups (broad SMARTS) is 2. The third-order valence-electron chi connectivity index (χ3n) is 7.70. The average molecular weight is 630 g/mol. The van der Waals surface area contributed by atoms with Gasteiger partial charge in [0.25, 0.3) is 0 Å². The van der Waals surface area contributed by atoms with E-state index in [0.29, 0.717) is 25.2 Å². The molecule has 45 heavy (non-hydrogen) atoms. The normalized spacial score (nSPS) is 10.9. The zero-order valence-corrected chi connectivity index (χ0v) is 27.0. The summed E-state index contributed by atoms with van der Waals surface area (Å²) in [5.41, 5.74) is 7.79. The summed E-state index contributed by atoms with van der Waals surface area (Å²) in [4.78, 5) is 24.2. The van der Waals surface area contributed by atoms with Crippen LogP contribution in [0, 0.1) is 0 Å². The zero-order valence-electron chi connectivity index (χ0n) is 26.2. The molecule has 2 N–H and O–H groups in total. The molecule has 238 valence electrons. The van der Waals surface area contributed by atoms with Crippen molar-refractivity contribution >= 4 is 29.0 Å². The quantitative estimate of drug-likeness (QED) is 0.100. The lowest BCUT2D eigenvalue weighted by atomic mass is 9.97. The molecule has 0 atom stereocenters. The van der Waals surface area contributed by atoms with Gasteiger partial charge in [0.15, 0.2) is 0 Å². The van der Waals surface area contributed by atoms with Gasteiger partial charge in [0.2, 0.25) is 0 Å². The molecule has 0 spiro atoms. The van der Waals surface area contributed by atoms with Crippen molar-refractivity contribution in [3.63, 3.8) is 0 Å². The first-order valence-electron chi connectivity index (χ1n) is 15.6. The lowest BCUT2D eigenvalue weighted by Gasteiger charge is -2.15. The topological polar surface area (TPSA) is 96.3 Å². The van der Waals surface area contributed by atoms with Gasteiger partial charge >= 0.3 is 11.9 Å². The minimum Gasteiger partial charge on any atom is -0.494 e. The fourth-order valence-electron chi connectivity index (χ4n) is 5.26. The molecule has 0 fully saturated rings. The fourth-order valence-corrected chi connectivity index (χ4v) is 5.92. The summed E-state index contributed by atoms with van der Waals surface area (Å²) in [7, 11) is 4.08. The second kappa shape index (κ2) is 17.3. The van der Waals surface area contributed by atoms with E-state index in [9.17, 15) is 14.7 Å². The Bertz CT molecular complexity index is 1510. The van der Waals surface area contributed by atoms with Gasteiger partial charge in [-0.2, -0.15) is 11.3 Å². The molecule has 0 radical (unpaired) electrons. The van der Waals surface area contributed by atoms with E-state index >= 15 is 0 Å². The van der Waals surface area contributed by atoms with E-state index in [4.69, 9.17) is 14.6 Å². The van der Waals surface area contributed by atoms with E-state index in [1.807, 2.05) is 32.3 Å². The minimum atomic E-state index is -0.855. The molecule has 1 aromatic heterocycles. The first-order valence-corrected chi connectivity index (χ1v) is 16.5. The third-order valence-corrected chi connectivity index (χ3v) is 8.38. The number of aryl methyl sites for hydroxylation is 1. The molecule has 8 heteroatoms. The summed E-state index contributed by atoms with van der Waals surface area (Å²) < 4.78 is 12.1. The van der Waals surface area contributed by atoms with Crippen molar-refractivity contribution in [1.82, 2.24) is 0 Å². The van der Waals surface area contributed by atoms with Gasteiger partial charge in [-0.25, -0.2) is 0 Å². The van der Waals surface area contributed by atoms with Crippen molar-refractivity contribution in [3.8, 4) is 33.8 Å². The SMILES string of the molecule is CN(C)c1ccc(-c2cc(OCCCCCCc3cccc(OCCCC(=O)O)c3CCC(=O)O)cc(-c3ccsc3)c2)cc1. The molecular weight excluding hydrogens is 586 g/mol. The summed E-state index contributed by atoms with van der Waals surface area (Å²) in [6, 6.07) is 23.0. The van der Waals surface area contributed by atoms with Crippen LogP contribution in [0.3, 0.4) is 0 Å². The molecule has 0 saturated carbocycles. The minimum absolute atomic E-state index is 0.0244. The Hall–Kier alpha value is -4.30. The van der Waals surface area contributed by atoms with E-state index in [2.05, 4.69) is 64.2 Å². The van der Waals surface area contributed by atoms with Crippen LogP contribution in [0.25, 0.3) is 22.3 Å². The van der Waals surface area contributed by atoms with E-state index in [-0.39, 0.29) is 19.4 Å². The number of aliphatic carboxylic acids is 2. The molecule has 4 aromatic rings. The van der Waals surface area contributed by atoms with Crippen LogP contribution < -0.4 is 14.4 Å². The number of anilines is 1. The molecule has 4 rings (SSSR count). The lowest BCUT2D eigenvalue weighted by Crippen LogP contribution is -2.07. The first-order chi connectivity index (χ1) is 21.8. The summed E-state index contributed by atoms with van der Waals surface area (Å²) in [6.07, 6.45) is 5.67. The number of unbranched alkanes of at least 4 members (excludes halogenated alkanes) is 3. The van der Waals surface area contributed by atoms with E-state index in [1.165, 1.54) is 5.56 Å². The number of ether oxygens (including phenoxy) is 2. The molecule has 0 bridgehead atoms. The van der Waals surface area contributed by atoms with E-state index in [1.54, 1.807) is 11.3 Å². The number of carboxylic acids is 2. The second-order valence-electron chi connectivity index (χ2n) is 11.3. The number of thiophene rings is 1. The molecule has 0 aliphatic rings. The van der Waals surface area contributed by atoms with Crippen molar-refractivity contribution in [1.29, 1.82) is 0 Å². The Morgan fingerprint density at radius 3 is 2.11 bits per heavy atom. The molecule has 1 heterocycles. The van der Waals surface area contributed by atoms with Crippen LogP contribution in [0.5, 0.6) is 11.5 Å². The van der Waals surface area contributed by atoms with Gasteiger partial charge in [0.1, 0.15) is 11.5 Å². The van der Waals surface area contributed by atoms with Crippen molar-refractivity contribution in [2.75, 3.05) is 32.2 Å². The summed E-state index contributed by atoms with van der Waals surface area (Å²) in [5.74, 6) is -0.179. The maximum Gasteiger partial charge on any atom is 0.303 e. The Labute approximate surface area is 270 Å². The van der Waals surface area contributed by atoms with Crippen molar-refractivity contribution in [2.24, 2.45) is 0 Å². The number of hydrogen-bond acceptors (Lipinski definition) is 6. The van der Waals surface area contributed by atoms with Crippen molar-refractivity contribution in [2.45, 2.75) is 57.8 Å². The maximum atomic E-state index is 11.3. The molecule has 3 aromatic carbocycles. The van der Waals surface area contributed by atoms with Crippen LogP contribution in [0.1, 0.15) is 56.1 Å². The van der Waals surface area contributed by atoms with Crippen LogP contribution >= 0.6 is 11.3 Å². The number of benzene rings is 3. The Kier molecular flexibility index (Phi) is 12.9. The van der Waals surface area contributed by atoms with E-state index < -0.39 is 11.9 Å². The van der Waals surface area contributed by atoms with Gasteiger partial charge in [0, 0.05) is 32.6 Å². The zero-order chi connectivity index (χ0) is 32.0. The van der Waals surface area contributed by atoms with Gasteiger partial charge in [-0.1, -0.05) is 37.1 Å². The number of nitrogens with zero attached hydrogens (tertiary/aromatic N) is 1. The van der Waals surface area contributed by atoms with Crippen LogP contribution in [0.15, 0.2) is 77.5 Å². The summed E-state index contributed by atoms with van der Waals surface area (Å²) in [5, 5.41) is 22.4. The second-order valence-corrected chi connectivity index (χ2v) is 12.1. The van der Waals surface area contributed by atoms with Crippen molar-refractivity contribution in [3.05, 3.63) is 88.6 Å². The van der Waals surface area contributed by atoms with Gasteiger partial charge in [-0.3, -0.25) is 9.59 Å². The predicted octanol–water partition coefficient (Wildman–Crippen LogP) is 8.59. The highest BCUT2D eigenvalue weighted by Crippen LogP contribution is 2.33. The third kappa shape index (κ3) is 10.7. The molecular formula is C37H43NO6S. The summed E-state index contributed by atoms with van der Waals surface area (Å²) in [6.45, 7) is 0.922. The Morgan fingerprint density at radius 1 is 0.711 bits per heavy atom. The molecule has 0 amide bonds. The summed E-state index contributed by atoms with van der Waals surface area (Å²) >= 11 is 1.69.